The van der Waals surface area contributed by atoms with Gasteiger partial charge in [-0.15, -0.1) is 0 Å². The highest BCUT2D eigenvalue weighted by atomic mass is 16.5. The Morgan fingerprint density at radius 2 is 0.771 bits per heavy atom. The molecule has 6 nitrogen and oxygen atoms in total. The number of nitrogens with one attached hydrogen (secondary N) is 1. The fourth-order valence-electron chi connectivity index (χ4n) is 8.73. The van der Waals surface area contributed by atoms with Crippen LogP contribution in [0.4, 0.5) is 0 Å². The number of ether oxygens (including phenoxy) is 1. The summed E-state index contributed by atoms with van der Waals surface area (Å²) >= 11 is 0. The van der Waals surface area contributed by atoms with Crippen LogP contribution in [0.25, 0.3) is 0 Å². The maximum atomic E-state index is 13.3. The van der Waals surface area contributed by atoms with Gasteiger partial charge in [-0.3, -0.25) is 9.59 Å². The summed E-state index contributed by atoms with van der Waals surface area (Å²) in [4.78, 5) is 26.3. The third-order valence-corrected chi connectivity index (χ3v) is 13.2. The summed E-state index contributed by atoms with van der Waals surface area (Å²) in [6, 6.07) is -0.721. The Morgan fingerprint density at radius 3 is 1.20 bits per heavy atom. The molecule has 3 unspecified atom stereocenters. The third kappa shape index (κ3) is 51.4. The zero-order chi connectivity index (χ0) is 50.9. The van der Waals surface area contributed by atoms with E-state index in [1.165, 1.54) is 141 Å². The maximum absolute atomic E-state index is 13.3. The van der Waals surface area contributed by atoms with Gasteiger partial charge in [0.05, 0.1) is 25.2 Å². The maximum Gasteiger partial charge on any atom is 0.306 e. The minimum absolute atomic E-state index is 0.0466. The van der Waals surface area contributed by atoms with E-state index in [2.05, 4.69) is 111 Å². The van der Waals surface area contributed by atoms with Crippen molar-refractivity contribution in [2.45, 2.75) is 302 Å². The molecule has 1 amide bonds. The number of amides is 1. The van der Waals surface area contributed by atoms with Crippen LogP contribution in [0.5, 0.6) is 0 Å². The first-order valence-electron chi connectivity index (χ1n) is 29.8. The van der Waals surface area contributed by atoms with Crippen LogP contribution in [-0.2, 0) is 14.3 Å². The number of allylic oxidation sites excluding steroid dienone is 14. The lowest BCUT2D eigenvalue weighted by Crippen LogP contribution is -2.46. The number of hydrogen-bond donors (Lipinski definition) is 3. The van der Waals surface area contributed by atoms with Crippen LogP contribution >= 0.6 is 0 Å². The third-order valence-electron chi connectivity index (χ3n) is 13.2. The lowest BCUT2D eigenvalue weighted by molar-refractivity contribution is -0.151. The number of aliphatic hydroxyl groups is 2. The van der Waals surface area contributed by atoms with Crippen LogP contribution in [0.2, 0.25) is 0 Å². The number of hydrogen-bond acceptors (Lipinski definition) is 5. The molecule has 0 rings (SSSR count). The summed E-state index contributed by atoms with van der Waals surface area (Å²) in [6.07, 6.45) is 75.1. The molecule has 0 saturated carbocycles. The molecule has 0 aromatic carbocycles. The molecule has 6 heteroatoms. The fourth-order valence-corrected chi connectivity index (χ4v) is 8.73. The Labute approximate surface area is 433 Å². The van der Waals surface area contributed by atoms with Crippen LogP contribution in [0, 0.1) is 0 Å². The predicted molar refractivity (Wildman–Crippen MR) is 305 cm³/mol. The summed E-state index contributed by atoms with van der Waals surface area (Å²) in [6.45, 7) is 6.36. The summed E-state index contributed by atoms with van der Waals surface area (Å²) in [5.74, 6) is -0.547. The van der Waals surface area contributed by atoms with Gasteiger partial charge in [0, 0.05) is 6.42 Å². The number of carbonyl (C=O) groups excluding carboxylic acids is 2. The Balaban J connectivity index is 4.65. The molecule has 70 heavy (non-hydrogen) atoms. The second kappa shape index (κ2) is 56.9. The molecule has 3 N–H and O–H groups in total. The van der Waals surface area contributed by atoms with Crippen LogP contribution in [0.3, 0.4) is 0 Å². The molecule has 0 radical (unpaired) electrons. The SMILES string of the molecule is CC/C=C\C/C=C\C/C=C\C/C=C\C/C=C\CCCC(=O)OC(CCCCCCCCC/C=C\C/C=C\CCCCC)CC(=O)NC(CO)C(O)CCCCCCCCCCCCCCCCCCC. The largest absolute Gasteiger partial charge is 0.462 e. The second-order valence-corrected chi connectivity index (χ2v) is 20.0. The van der Waals surface area contributed by atoms with Gasteiger partial charge in [-0.05, 0) is 96.3 Å². The monoisotopic (exact) mass is 976 g/mol. The van der Waals surface area contributed by atoms with Crippen LogP contribution in [0.1, 0.15) is 284 Å². The Hall–Kier alpha value is -2.96. The van der Waals surface area contributed by atoms with Gasteiger partial charge >= 0.3 is 5.97 Å². The average molecular weight is 977 g/mol. The van der Waals surface area contributed by atoms with E-state index in [0.29, 0.717) is 25.7 Å². The quantitative estimate of drug-likeness (QED) is 0.0321. The molecule has 0 aromatic rings. The molecule has 0 aliphatic heterocycles. The number of esters is 1. The molecule has 0 spiro atoms. The molecule has 404 valence electrons. The van der Waals surface area contributed by atoms with E-state index in [1.54, 1.807) is 0 Å². The Morgan fingerprint density at radius 1 is 0.429 bits per heavy atom. The van der Waals surface area contributed by atoms with Crippen LogP contribution in [-0.4, -0.2) is 46.9 Å². The van der Waals surface area contributed by atoms with Crippen molar-refractivity contribution in [3.8, 4) is 0 Å². The van der Waals surface area contributed by atoms with Gasteiger partial charge in [-0.1, -0.05) is 260 Å². The van der Waals surface area contributed by atoms with E-state index in [0.717, 1.165) is 89.9 Å². The molecule has 0 heterocycles. The summed E-state index contributed by atoms with van der Waals surface area (Å²) in [7, 11) is 0. The lowest BCUT2D eigenvalue weighted by Gasteiger charge is -2.24. The van der Waals surface area contributed by atoms with Gasteiger partial charge in [-0.25, -0.2) is 0 Å². The van der Waals surface area contributed by atoms with Gasteiger partial charge in [-0.2, -0.15) is 0 Å². The summed E-state index contributed by atoms with van der Waals surface area (Å²) in [5, 5.41) is 23.9. The highest BCUT2D eigenvalue weighted by Gasteiger charge is 2.24. The van der Waals surface area contributed by atoms with E-state index in [9.17, 15) is 19.8 Å². The van der Waals surface area contributed by atoms with Gasteiger partial charge in [0.15, 0.2) is 0 Å². The first-order valence-corrected chi connectivity index (χ1v) is 29.8. The standard InChI is InChI=1S/C64H113NO5/c1-4-7-10-13-16-19-22-25-28-31-34-37-40-43-46-49-52-55-60(70-64(69)57-54-51-48-45-42-39-36-33-30-27-24-21-18-15-12-9-6-3)58-63(68)65-61(59-66)62(67)56-53-50-47-44-41-38-35-32-29-26-23-20-17-14-11-8-5-2/h9,12,16,18-19,21,25,27-28,30,36,39,45,48,60-62,66-67H,4-8,10-11,13-15,17,20,22-24,26,29,31-35,37-38,40-44,46-47,49-59H2,1-3H3,(H,65,68)/b12-9-,19-16-,21-18-,28-25-,30-27-,39-36-,48-45-. The molecule has 0 bridgehead atoms. The van der Waals surface area contributed by atoms with Crippen molar-refractivity contribution in [1.29, 1.82) is 0 Å². The molecule has 3 atom stereocenters. The van der Waals surface area contributed by atoms with Gasteiger partial charge in [0.2, 0.25) is 5.91 Å². The molecule has 0 fully saturated rings. The van der Waals surface area contributed by atoms with E-state index in [4.69, 9.17) is 4.74 Å². The topological polar surface area (TPSA) is 95.9 Å². The number of unbranched alkanes of at least 4 members (excludes halogenated alkanes) is 27. The van der Waals surface area contributed by atoms with E-state index in [1.807, 2.05) is 0 Å². The fraction of sp³-hybridized carbons (Fsp3) is 0.750. The minimum atomic E-state index is -0.805. The number of aliphatic hydroxyl groups excluding tert-OH is 2. The highest BCUT2D eigenvalue weighted by molar-refractivity contribution is 5.77. The smallest absolute Gasteiger partial charge is 0.306 e. The van der Waals surface area contributed by atoms with E-state index < -0.39 is 18.2 Å². The molecule has 0 aliphatic carbocycles. The number of rotatable bonds is 53. The first-order chi connectivity index (χ1) is 34.5. The van der Waals surface area contributed by atoms with Crippen LogP contribution in [0.15, 0.2) is 85.1 Å². The summed E-state index contributed by atoms with van der Waals surface area (Å²) in [5.41, 5.74) is 0. The van der Waals surface area contributed by atoms with Crippen LogP contribution < -0.4 is 5.32 Å². The molecular formula is C64H113NO5. The van der Waals surface area contributed by atoms with Crippen molar-refractivity contribution in [1.82, 2.24) is 5.32 Å². The van der Waals surface area contributed by atoms with Crippen molar-refractivity contribution in [2.24, 2.45) is 0 Å². The van der Waals surface area contributed by atoms with Crippen molar-refractivity contribution in [2.75, 3.05) is 6.61 Å². The van der Waals surface area contributed by atoms with Gasteiger partial charge < -0.3 is 20.3 Å². The molecule has 0 saturated heterocycles. The Kier molecular flexibility index (Phi) is 54.5. The second-order valence-electron chi connectivity index (χ2n) is 20.0. The average Bonchev–Trinajstić information content (AvgIpc) is 3.35. The molecular weight excluding hydrogens is 863 g/mol. The van der Waals surface area contributed by atoms with Crippen molar-refractivity contribution >= 4 is 11.9 Å². The molecule has 0 aliphatic rings. The lowest BCUT2D eigenvalue weighted by atomic mass is 10.0. The van der Waals surface area contributed by atoms with E-state index >= 15 is 0 Å². The summed E-state index contributed by atoms with van der Waals surface area (Å²) < 4.78 is 5.94. The number of carbonyl (C=O) groups is 2. The highest BCUT2D eigenvalue weighted by Crippen LogP contribution is 2.18. The van der Waals surface area contributed by atoms with Gasteiger partial charge in [0.1, 0.15) is 6.10 Å². The zero-order valence-corrected chi connectivity index (χ0v) is 46.1. The normalized spacial score (nSPS) is 13.7. The zero-order valence-electron chi connectivity index (χ0n) is 46.1. The van der Waals surface area contributed by atoms with Gasteiger partial charge in [0.25, 0.3) is 0 Å². The molecule has 0 aromatic heterocycles. The first kappa shape index (κ1) is 67.0. The van der Waals surface area contributed by atoms with E-state index in [-0.39, 0.29) is 24.9 Å². The van der Waals surface area contributed by atoms with Crippen molar-refractivity contribution in [3.63, 3.8) is 0 Å². The minimum Gasteiger partial charge on any atom is -0.462 e. The van der Waals surface area contributed by atoms with Crippen molar-refractivity contribution < 1.29 is 24.5 Å². The Bertz CT molecular complexity index is 1330. The predicted octanol–water partition coefficient (Wildman–Crippen LogP) is 18.7. The van der Waals surface area contributed by atoms with Crippen molar-refractivity contribution in [3.05, 3.63) is 85.1 Å².